The van der Waals surface area contributed by atoms with Crippen LogP contribution >= 0.6 is 15.9 Å². The third-order valence-corrected chi connectivity index (χ3v) is 5.35. The second-order valence-corrected chi connectivity index (χ2v) is 7.50. The predicted molar refractivity (Wildman–Crippen MR) is 108 cm³/mol. The number of hydrogen-bond donors (Lipinski definition) is 0. The average Bonchev–Trinajstić information content (AvgIpc) is 2.67. The molecule has 0 spiro atoms. The molecule has 1 heterocycles. The van der Waals surface area contributed by atoms with Crippen molar-refractivity contribution in [2.24, 2.45) is 0 Å². The minimum absolute atomic E-state index is 0.0180. The van der Waals surface area contributed by atoms with Crippen molar-refractivity contribution in [2.75, 3.05) is 31.1 Å². The summed E-state index contributed by atoms with van der Waals surface area (Å²) >= 11 is 3.36. The van der Waals surface area contributed by atoms with E-state index in [1.807, 2.05) is 29.2 Å². The highest BCUT2D eigenvalue weighted by atomic mass is 79.9. The molecule has 0 bridgehead atoms. The Hall–Kier alpha value is -2.14. The molecule has 1 amide bonds. The Labute approximate surface area is 162 Å². The molecule has 0 saturated carbocycles. The van der Waals surface area contributed by atoms with Crippen molar-refractivity contribution in [3.63, 3.8) is 0 Å². The molecular weight excluding hydrogens is 392 g/mol. The molecule has 1 fully saturated rings. The monoisotopic (exact) mass is 414 g/mol. The third-order valence-electron chi connectivity index (χ3n) is 4.82. The second-order valence-electron chi connectivity index (χ2n) is 6.58. The van der Waals surface area contributed by atoms with Crippen LogP contribution < -0.4 is 4.90 Å². The van der Waals surface area contributed by atoms with Gasteiger partial charge in [-0.1, -0.05) is 46.3 Å². The van der Waals surface area contributed by atoms with Crippen LogP contribution in [0.1, 0.15) is 28.8 Å². The zero-order valence-electron chi connectivity index (χ0n) is 15.0. The number of piperazine rings is 1. The number of para-hydroxylation sites is 1. The van der Waals surface area contributed by atoms with E-state index in [2.05, 4.69) is 39.9 Å². The second kappa shape index (κ2) is 8.49. The van der Waals surface area contributed by atoms with Crippen LogP contribution in [0.2, 0.25) is 0 Å². The zero-order chi connectivity index (χ0) is 18.5. The topological polar surface area (TPSA) is 40.6 Å². The van der Waals surface area contributed by atoms with Gasteiger partial charge in [-0.2, -0.15) is 0 Å². The number of rotatable bonds is 5. The van der Waals surface area contributed by atoms with Gasteiger partial charge in [0.05, 0.1) is 0 Å². The van der Waals surface area contributed by atoms with Crippen LogP contribution in [0.4, 0.5) is 5.69 Å². The summed E-state index contributed by atoms with van der Waals surface area (Å²) in [5.41, 5.74) is 3.16. The van der Waals surface area contributed by atoms with Gasteiger partial charge in [0.15, 0.2) is 5.78 Å². The maximum absolute atomic E-state index is 12.4. The Morgan fingerprint density at radius 2 is 1.58 bits per heavy atom. The molecule has 3 rings (SSSR count). The van der Waals surface area contributed by atoms with Crippen LogP contribution in [-0.2, 0) is 4.79 Å². The van der Waals surface area contributed by atoms with Gasteiger partial charge in [0.25, 0.3) is 0 Å². The van der Waals surface area contributed by atoms with E-state index in [9.17, 15) is 9.59 Å². The predicted octanol–water partition coefficient (Wildman–Crippen LogP) is 4.07. The van der Waals surface area contributed by atoms with E-state index >= 15 is 0 Å². The summed E-state index contributed by atoms with van der Waals surface area (Å²) in [7, 11) is 0. The molecule has 0 N–H and O–H groups in total. The summed E-state index contributed by atoms with van der Waals surface area (Å²) in [6, 6.07) is 15.6. The summed E-state index contributed by atoms with van der Waals surface area (Å²) in [4.78, 5) is 28.9. The Morgan fingerprint density at radius 3 is 2.23 bits per heavy atom. The summed E-state index contributed by atoms with van der Waals surface area (Å²) in [5.74, 6) is 0.0873. The molecular formula is C21H23BrN2O2. The molecule has 2 aromatic carbocycles. The molecule has 136 valence electrons. The molecule has 1 aliphatic heterocycles. The fourth-order valence-electron chi connectivity index (χ4n) is 3.27. The quantitative estimate of drug-likeness (QED) is 0.692. The Bertz CT molecular complexity index is 781. The highest BCUT2D eigenvalue weighted by Crippen LogP contribution is 2.21. The van der Waals surface area contributed by atoms with E-state index in [0.29, 0.717) is 18.7 Å². The van der Waals surface area contributed by atoms with Crippen LogP contribution in [0.5, 0.6) is 0 Å². The van der Waals surface area contributed by atoms with Gasteiger partial charge in [-0.3, -0.25) is 9.59 Å². The Balaban J connectivity index is 1.48. The number of Topliss-reactive ketones (excluding diaryl/α,β-unsaturated/α-hetero) is 1. The van der Waals surface area contributed by atoms with Crippen molar-refractivity contribution in [2.45, 2.75) is 19.8 Å². The van der Waals surface area contributed by atoms with E-state index in [-0.39, 0.29) is 24.5 Å². The smallest absolute Gasteiger partial charge is 0.223 e. The van der Waals surface area contributed by atoms with Crippen LogP contribution in [0.3, 0.4) is 0 Å². The first-order valence-electron chi connectivity index (χ1n) is 8.92. The minimum Gasteiger partial charge on any atom is -0.368 e. The lowest BCUT2D eigenvalue weighted by Gasteiger charge is -2.36. The third kappa shape index (κ3) is 4.52. The fourth-order valence-corrected chi connectivity index (χ4v) is 3.54. The van der Waals surface area contributed by atoms with Gasteiger partial charge in [0.1, 0.15) is 0 Å². The van der Waals surface area contributed by atoms with Gasteiger partial charge in [-0.25, -0.2) is 0 Å². The molecule has 0 aromatic heterocycles. The number of ketones is 1. The number of amides is 1. The van der Waals surface area contributed by atoms with E-state index in [1.165, 1.54) is 11.3 Å². The number of carbonyl (C=O) groups is 2. The van der Waals surface area contributed by atoms with Gasteiger partial charge in [-0.15, -0.1) is 0 Å². The Kier molecular flexibility index (Phi) is 6.09. The van der Waals surface area contributed by atoms with E-state index < -0.39 is 0 Å². The number of benzene rings is 2. The highest BCUT2D eigenvalue weighted by Gasteiger charge is 2.22. The first kappa shape index (κ1) is 18.6. The summed E-state index contributed by atoms with van der Waals surface area (Å²) < 4.78 is 0.941. The highest BCUT2D eigenvalue weighted by molar-refractivity contribution is 9.10. The van der Waals surface area contributed by atoms with Crippen molar-refractivity contribution >= 4 is 33.3 Å². The largest absolute Gasteiger partial charge is 0.368 e. The lowest BCUT2D eigenvalue weighted by molar-refractivity contribution is -0.131. The van der Waals surface area contributed by atoms with Crippen LogP contribution in [0.15, 0.2) is 53.0 Å². The number of nitrogens with zero attached hydrogens (tertiary/aromatic N) is 2. The fraction of sp³-hybridized carbons (Fsp3) is 0.333. The minimum atomic E-state index is 0.0180. The van der Waals surface area contributed by atoms with Crippen molar-refractivity contribution in [1.29, 1.82) is 0 Å². The van der Waals surface area contributed by atoms with Gasteiger partial charge in [-0.05, 0) is 30.7 Å². The number of aryl methyl sites for hydroxylation is 1. The van der Waals surface area contributed by atoms with Gasteiger partial charge >= 0.3 is 0 Å². The average molecular weight is 415 g/mol. The molecule has 1 aliphatic rings. The van der Waals surface area contributed by atoms with Gasteiger partial charge in [0, 0.05) is 54.7 Å². The first-order valence-corrected chi connectivity index (χ1v) is 9.71. The molecule has 0 atom stereocenters. The van der Waals surface area contributed by atoms with E-state index in [4.69, 9.17) is 0 Å². The molecule has 1 saturated heterocycles. The van der Waals surface area contributed by atoms with Crippen molar-refractivity contribution in [3.05, 3.63) is 64.1 Å². The van der Waals surface area contributed by atoms with Crippen LogP contribution in [-0.4, -0.2) is 42.8 Å². The lowest BCUT2D eigenvalue weighted by Crippen LogP contribution is -2.49. The SMILES string of the molecule is Cc1ccccc1N1CCN(C(=O)CCC(=O)c2ccc(Br)cc2)CC1. The Morgan fingerprint density at radius 1 is 0.923 bits per heavy atom. The zero-order valence-corrected chi connectivity index (χ0v) is 16.5. The molecule has 0 radical (unpaired) electrons. The molecule has 26 heavy (non-hydrogen) atoms. The maximum Gasteiger partial charge on any atom is 0.223 e. The van der Waals surface area contributed by atoms with Gasteiger partial charge in [0.2, 0.25) is 5.91 Å². The van der Waals surface area contributed by atoms with Crippen LogP contribution in [0.25, 0.3) is 0 Å². The molecule has 0 unspecified atom stereocenters. The molecule has 4 nitrogen and oxygen atoms in total. The number of hydrogen-bond acceptors (Lipinski definition) is 3. The maximum atomic E-state index is 12.4. The summed E-state index contributed by atoms with van der Waals surface area (Å²) in [6.07, 6.45) is 0.539. The van der Waals surface area contributed by atoms with Gasteiger partial charge < -0.3 is 9.80 Å². The number of carbonyl (C=O) groups excluding carboxylic acids is 2. The van der Waals surface area contributed by atoms with Crippen molar-refractivity contribution in [3.8, 4) is 0 Å². The van der Waals surface area contributed by atoms with Crippen molar-refractivity contribution in [1.82, 2.24) is 4.90 Å². The molecule has 2 aromatic rings. The van der Waals surface area contributed by atoms with E-state index in [0.717, 1.165) is 17.6 Å². The molecule has 0 aliphatic carbocycles. The number of halogens is 1. The van der Waals surface area contributed by atoms with Crippen molar-refractivity contribution < 1.29 is 9.59 Å². The molecule has 5 heteroatoms. The first-order chi connectivity index (χ1) is 12.5. The standard InChI is InChI=1S/C21H23BrN2O2/c1-16-4-2-3-5-19(16)23-12-14-24(15-13-23)21(26)11-10-20(25)17-6-8-18(22)9-7-17/h2-9H,10-15H2,1H3. The number of anilines is 1. The summed E-state index contributed by atoms with van der Waals surface area (Å²) in [6.45, 7) is 5.19. The summed E-state index contributed by atoms with van der Waals surface area (Å²) in [5, 5.41) is 0. The van der Waals surface area contributed by atoms with E-state index in [1.54, 1.807) is 12.1 Å². The lowest BCUT2D eigenvalue weighted by atomic mass is 10.1. The normalized spacial score (nSPS) is 14.4. The van der Waals surface area contributed by atoms with Crippen LogP contribution in [0, 0.1) is 6.92 Å².